The molecule has 0 bridgehead atoms. The summed E-state index contributed by atoms with van der Waals surface area (Å²) in [5.41, 5.74) is 2.92. The zero-order valence-corrected chi connectivity index (χ0v) is 19.7. The molecule has 2 N–H and O–H groups in total. The average molecular weight is 484 g/mol. The molecule has 178 valence electrons. The fourth-order valence-electron chi connectivity index (χ4n) is 3.16. The molecule has 0 saturated carbocycles. The molecule has 0 aliphatic rings. The molecule has 3 rings (SSSR count). The highest BCUT2D eigenvalue weighted by atomic mass is 32.2. The van der Waals surface area contributed by atoms with Crippen LogP contribution in [0.25, 0.3) is 0 Å². The van der Waals surface area contributed by atoms with Crippen molar-refractivity contribution in [3.63, 3.8) is 0 Å². The van der Waals surface area contributed by atoms with Crippen molar-refractivity contribution in [1.82, 2.24) is 5.43 Å². The molecule has 34 heavy (non-hydrogen) atoms. The number of benzene rings is 3. The number of ether oxygens (including phenoxy) is 2. The number of anilines is 1. The minimum atomic E-state index is -3.80. The zero-order chi connectivity index (χ0) is 24.7. The van der Waals surface area contributed by atoms with Crippen LogP contribution in [-0.4, -0.2) is 45.1 Å². The smallest absolute Gasteiger partial charge is 0.263 e. The normalized spacial score (nSPS) is 12.2. The topological polar surface area (TPSA) is 118 Å². The van der Waals surface area contributed by atoms with Gasteiger partial charge in [0.25, 0.3) is 5.91 Å². The second-order valence-electron chi connectivity index (χ2n) is 7.28. The van der Waals surface area contributed by atoms with E-state index in [2.05, 4.69) is 10.5 Å². The van der Waals surface area contributed by atoms with Gasteiger partial charge in [-0.25, -0.2) is 13.8 Å². The molecular weight excluding hydrogens is 458 g/mol. The van der Waals surface area contributed by atoms with Gasteiger partial charge in [0, 0.05) is 5.56 Å². The molecule has 0 fully saturated rings. The molecule has 0 radical (unpaired) electrons. The lowest BCUT2D eigenvalue weighted by Gasteiger charge is -2.27. The third-order valence-electron chi connectivity index (χ3n) is 4.79. The number of carbonyl (C=O) groups excluding carboxylic acids is 1. The molecule has 10 heteroatoms. The van der Waals surface area contributed by atoms with Gasteiger partial charge in [-0.3, -0.25) is 9.10 Å². The first kappa shape index (κ1) is 24.6. The molecule has 0 saturated heterocycles. The summed E-state index contributed by atoms with van der Waals surface area (Å²) >= 11 is 0. The Bertz CT molecular complexity index is 1260. The third-order valence-corrected chi connectivity index (χ3v) is 6.03. The summed E-state index contributed by atoms with van der Waals surface area (Å²) in [5, 5.41) is 13.9. The highest BCUT2D eigenvalue weighted by Crippen LogP contribution is 2.28. The van der Waals surface area contributed by atoms with Gasteiger partial charge in [-0.2, -0.15) is 5.10 Å². The number of phenolic OH excluding ortho intramolecular Hbond substituents is 1. The van der Waals surface area contributed by atoms with E-state index < -0.39 is 22.0 Å². The highest BCUT2D eigenvalue weighted by molar-refractivity contribution is 7.92. The lowest BCUT2D eigenvalue weighted by Crippen LogP contribution is -2.46. The SMILES string of the molecule is COc1cccc(/C=N\NC(=O)[C@H](C)N(c2ccc(Oc3ccccc3)cc2)S(C)(=O)=O)c1O. The van der Waals surface area contributed by atoms with Crippen LogP contribution in [0, 0.1) is 0 Å². The fraction of sp³-hybridized carbons (Fsp3) is 0.167. The number of hydrogen-bond donors (Lipinski definition) is 2. The quantitative estimate of drug-likeness (QED) is 0.355. The van der Waals surface area contributed by atoms with E-state index in [0.29, 0.717) is 22.7 Å². The molecule has 3 aromatic rings. The number of hydrogen-bond acceptors (Lipinski definition) is 7. The number of methoxy groups -OCH3 is 1. The van der Waals surface area contributed by atoms with Crippen LogP contribution in [0.2, 0.25) is 0 Å². The lowest BCUT2D eigenvalue weighted by atomic mass is 10.2. The van der Waals surface area contributed by atoms with Crippen molar-refractivity contribution < 1.29 is 27.8 Å². The van der Waals surface area contributed by atoms with Crippen molar-refractivity contribution in [2.24, 2.45) is 5.10 Å². The molecule has 1 atom stereocenters. The van der Waals surface area contributed by atoms with E-state index in [-0.39, 0.29) is 11.5 Å². The minimum absolute atomic E-state index is 0.133. The van der Waals surface area contributed by atoms with Gasteiger partial charge in [0.1, 0.15) is 17.5 Å². The molecule has 0 aliphatic carbocycles. The number of phenols is 1. The molecule has 0 aliphatic heterocycles. The Hall–Kier alpha value is -4.05. The Kier molecular flexibility index (Phi) is 7.75. The maximum Gasteiger partial charge on any atom is 0.263 e. The van der Waals surface area contributed by atoms with Crippen LogP contribution in [0.15, 0.2) is 77.9 Å². The Morgan fingerprint density at radius 2 is 1.68 bits per heavy atom. The van der Waals surface area contributed by atoms with Crippen molar-refractivity contribution in [1.29, 1.82) is 0 Å². The maximum absolute atomic E-state index is 12.7. The first-order valence-electron chi connectivity index (χ1n) is 10.2. The molecular formula is C24H25N3O6S. The summed E-state index contributed by atoms with van der Waals surface area (Å²) in [6, 6.07) is 19.2. The predicted molar refractivity (Wildman–Crippen MR) is 130 cm³/mol. The lowest BCUT2D eigenvalue weighted by molar-refractivity contribution is -0.121. The van der Waals surface area contributed by atoms with Crippen LogP contribution in [0.3, 0.4) is 0 Å². The number of aromatic hydroxyl groups is 1. The molecule has 0 unspecified atom stereocenters. The van der Waals surface area contributed by atoms with Crippen molar-refractivity contribution in [3.05, 3.63) is 78.4 Å². The van der Waals surface area contributed by atoms with E-state index in [1.165, 1.54) is 20.2 Å². The highest BCUT2D eigenvalue weighted by Gasteiger charge is 2.29. The van der Waals surface area contributed by atoms with Crippen LogP contribution in [0.4, 0.5) is 5.69 Å². The fourth-order valence-corrected chi connectivity index (χ4v) is 4.34. The number of rotatable bonds is 9. The van der Waals surface area contributed by atoms with Gasteiger partial charge < -0.3 is 14.6 Å². The molecule has 3 aromatic carbocycles. The number of nitrogens with one attached hydrogen (secondary N) is 1. The van der Waals surface area contributed by atoms with Gasteiger partial charge in [0.05, 0.1) is 25.3 Å². The first-order valence-corrected chi connectivity index (χ1v) is 12.1. The second kappa shape index (κ2) is 10.7. The maximum atomic E-state index is 12.7. The largest absolute Gasteiger partial charge is 0.504 e. The Morgan fingerprint density at radius 3 is 2.29 bits per heavy atom. The standard InChI is InChI=1S/C24H25N3O6S/c1-17(24(29)26-25-16-18-8-7-11-22(32-2)23(18)28)27(34(3,30)31)19-12-14-21(15-13-19)33-20-9-5-4-6-10-20/h4-17,28H,1-3H3,(H,26,29)/b25-16-/t17-/m0/s1. The van der Waals surface area contributed by atoms with Crippen LogP contribution < -0.4 is 19.2 Å². The Balaban J connectivity index is 1.74. The summed E-state index contributed by atoms with van der Waals surface area (Å²) in [6.07, 6.45) is 2.26. The van der Waals surface area contributed by atoms with E-state index in [4.69, 9.17) is 9.47 Å². The summed E-state index contributed by atoms with van der Waals surface area (Å²) in [7, 11) is -2.39. The second-order valence-corrected chi connectivity index (χ2v) is 9.14. The number of nitrogens with zero attached hydrogens (tertiary/aromatic N) is 2. The summed E-state index contributed by atoms with van der Waals surface area (Å²) in [4.78, 5) is 12.7. The van der Waals surface area contributed by atoms with E-state index in [0.717, 1.165) is 10.6 Å². The predicted octanol–water partition coefficient (Wildman–Crippen LogP) is 3.50. The van der Waals surface area contributed by atoms with E-state index >= 15 is 0 Å². The average Bonchev–Trinajstić information content (AvgIpc) is 2.81. The van der Waals surface area contributed by atoms with Gasteiger partial charge in [0.15, 0.2) is 11.5 Å². The monoisotopic (exact) mass is 483 g/mol. The Morgan fingerprint density at radius 1 is 1.03 bits per heavy atom. The van der Waals surface area contributed by atoms with Crippen LogP contribution in [-0.2, 0) is 14.8 Å². The van der Waals surface area contributed by atoms with Crippen LogP contribution in [0.1, 0.15) is 12.5 Å². The van der Waals surface area contributed by atoms with Crippen LogP contribution in [0.5, 0.6) is 23.0 Å². The van der Waals surface area contributed by atoms with Gasteiger partial charge in [0.2, 0.25) is 10.0 Å². The molecule has 0 heterocycles. The number of sulfonamides is 1. The first-order chi connectivity index (χ1) is 16.2. The van der Waals surface area contributed by atoms with Crippen molar-refractivity contribution >= 4 is 27.8 Å². The van der Waals surface area contributed by atoms with E-state index in [1.807, 2.05) is 18.2 Å². The van der Waals surface area contributed by atoms with Gasteiger partial charge in [-0.05, 0) is 55.5 Å². The molecule has 0 spiro atoms. The summed E-state index contributed by atoms with van der Waals surface area (Å²) in [6.45, 7) is 1.45. The minimum Gasteiger partial charge on any atom is -0.504 e. The van der Waals surface area contributed by atoms with E-state index in [9.17, 15) is 18.3 Å². The van der Waals surface area contributed by atoms with Crippen molar-refractivity contribution in [3.8, 4) is 23.0 Å². The van der Waals surface area contributed by atoms with Gasteiger partial charge >= 0.3 is 0 Å². The summed E-state index contributed by atoms with van der Waals surface area (Å²) in [5.74, 6) is 0.623. The van der Waals surface area contributed by atoms with Gasteiger partial charge in [-0.1, -0.05) is 24.3 Å². The summed E-state index contributed by atoms with van der Waals surface area (Å²) < 4.78 is 36.7. The molecule has 9 nitrogen and oxygen atoms in total. The van der Waals surface area contributed by atoms with Gasteiger partial charge in [-0.15, -0.1) is 0 Å². The molecule has 1 amide bonds. The number of amides is 1. The van der Waals surface area contributed by atoms with E-state index in [1.54, 1.807) is 54.6 Å². The zero-order valence-electron chi connectivity index (χ0n) is 18.9. The Labute approximate surface area is 198 Å². The molecule has 0 aromatic heterocycles. The third kappa shape index (κ3) is 6.04. The number of carbonyl (C=O) groups is 1. The van der Waals surface area contributed by atoms with Crippen LogP contribution >= 0.6 is 0 Å². The number of hydrazone groups is 1. The van der Waals surface area contributed by atoms with Crippen molar-refractivity contribution in [2.75, 3.05) is 17.7 Å². The van der Waals surface area contributed by atoms with Crippen molar-refractivity contribution in [2.45, 2.75) is 13.0 Å². The number of para-hydroxylation sites is 2.